The zero-order valence-electron chi connectivity index (χ0n) is 11.2. The number of halogens is 2. The molecule has 19 heavy (non-hydrogen) atoms. The van der Waals surface area contributed by atoms with Crippen molar-refractivity contribution in [3.8, 4) is 0 Å². The summed E-state index contributed by atoms with van der Waals surface area (Å²) in [5.74, 6) is 1.03. The summed E-state index contributed by atoms with van der Waals surface area (Å²) in [5.41, 5.74) is 0. The van der Waals surface area contributed by atoms with Gasteiger partial charge in [-0.05, 0) is 70.2 Å². The molecule has 1 aromatic heterocycles. The van der Waals surface area contributed by atoms with Gasteiger partial charge in [0, 0.05) is 18.1 Å². The lowest BCUT2D eigenvalue weighted by Crippen LogP contribution is -2.47. The Morgan fingerprint density at radius 1 is 1.32 bits per heavy atom. The summed E-state index contributed by atoms with van der Waals surface area (Å²) in [4.78, 5) is 2.56. The first kappa shape index (κ1) is 14.1. The second-order valence-corrected chi connectivity index (χ2v) is 7.24. The van der Waals surface area contributed by atoms with Crippen LogP contribution in [-0.4, -0.2) is 29.6 Å². The number of nitrogens with one attached hydrogen (secondary N) is 1. The van der Waals surface area contributed by atoms with E-state index in [1.165, 1.54) is 25.7 Å². The van der Waals surface area contributed by atoms with Crippen molar-refractivity contribution in [1.82, 2.24) is 10.2 Å². The Bertz CT molecular complexity index is 417. The van der Waals surface area contributed by atoms with Crippen molar-refractivity contribution in [2.24, 2.45) is 0 Å². The van der Waals surface area contributed by atoms with Crippen LogP contribution in [0.2, 0.25) is 0 Å². The summed E-state index contributed by atoms with van der Waals surface area (Å²) in [6, 6.07) is 4.26. The molecule has 1 aromatic rings. The third kappa shape index (κ3) is 3.09. The Morgan fingerprint density at radius 2 is 2.00 bits per heavy atom. The van der Waals surface area contributed by atoms with Gasteiger partial charge in [0.2, 0.25) is 0 Å². The molecule has 0 amide bonds. The molecule has 0 spiro atoms. The van der Waals surface area contributed by atoms with Gasteiger partial charge in [-0.3, -0.25) is 4.90 Å². The van der Waals surface area contributed by atoms with Crippen molar-refractivity contribution < 1.29 is 4.42 Å². The van der Waals surface area contributed by atoms with Crippen LogP contribution in [0.4, 0.5) is 0 Å². The van der Waals surface area contributed by atoms with Crippen molar-refractivity contribution >= 4 is 31.9 Å². The summed E-state index contributed by atoms with van der Waals surface area (Å²) in [6.07, 6.45) is 5.29. The summed E-state index contributed by atoms with van der Waals surface area (Å²) in [7, 11) is 0. The molecule has 2 unspecified atom stereocenters. The van der Waals surface area contributed by atoms with Gasteiger partial charge in [0.05, 0.1) is 11.0 Å². The highest BCUT2D eigenvalue weighted by atomic mass is 79.9. The molecule has 2 bridgehead atoms. The second-order valence-electron chi connectivity index (χ2n) is 5.66. The van der Waals surface area contributed by atoms with E-state index in [-0.39, 0.29) is 0 Å². The van der Waals surface area contributed by atoms with Gasteiger partial charge >= 0.3 is 0 Å². The molecule has 2 aliphatic rings. The minimum Gasteiger partial charge on any atom is -0.452 e. The SMILES string of the molecule is CCN(Cc1cc(Br)c(Br)o1)C1CC2CCC(C1)N2. The van der Waals surface area contributed by atoms with Gasteiger partial charge in [0.15, 0.2) is 4.67 Å². The standard InChI is InChI=1S/C14H20Br2N2O/c1-2-18(8-12-7-13(15)14(16)19-12)11-5-9-3-4-10(6-11)17-9/h7,9-11,17H,2-6,8H2,1H3. The molecule has 2 atom stereocenters. The van der Waals surface area contributed by atoms with Crippen molar-refractivity contribution in [3.05, 3.63) is 21.0 Å². The minimum absolute atomic E-state index is 0.700. The van der Waals surface area contributed by atoms with Gasteiger partial charge in [-0.2, -0.15) is 0 Å². The highest BCUT2D eigenvalue weighted by Gasteiger charge is 2.35. The molecular weight excluding hydrogens is 372 g/mol. The Morgan fingerprint density at radius 3 is 2.53 bits per heavy atom. The van der Waals surface area contributed by atoms with Gasteiger partial charge in [-0.25, -0.2) is 0 Å². The number of hydrogen-bond donors (Lipinski definition) is 1. The normalized spacial score (nSPS) is 30.2. The smallest absolute Gasteiger partial charge is 0.183 e. The third-order valence-electron chi connectivity index (χ3n) is 4.43. The molecular formula is C14H20Br2N2O. The molecule has 2 saturated heterocycles. The monoisotopic (exact) mass is 390 g/mol. The van der Waals surface area contributed by atoms with Crippen LogP contribution in [0.25, 0.3) is 0 Å². The lowest BCUT2D eigenvalue weighted by Gasteiger charge is -2.36. The van der Waals surface area contributed by atoms with E-state index in [4.69, 9.17) is 4.42 Å². The van der Waals surface area contributed by atoms with Crippen LogP contribution < -0.4 is 5.32 Å². The van der Waals surface area contributed by atoms with Crippen molar-refractivity contribution in [2.45, 2.75) is 57.3 Å². The Hall–Kier alpha value is 0.160. The van der Waals surface area contributed by atoms with E-state index in [9.17, 15) is 0 Å². The van der Waals surface area contributed by atoms with Gasteiger partial charge in [-0.15, -0.1) is 0 Å². The first-order chi connectivity index (χ1) is 9.15. The molecule has 106 valence electrons. The minimum atomic E-state index is 0.700. The van der Waals surface area contributed by atoms with Crippen LogP contribution >= 0.6 is 31.9 Å². The highest BCUT2D eigenvalue weighted by Crippen LogP contribution is 2.32. The number of hydrogen-bond acceptors (Lipinski definition) is 3. The highest BCUT2D eigenvalue weighted by molar-refractivity contribution is 9.13. The van der Waals surface area contributed by atoms with Crippen LogP contribution in [0, 0.1) is 0 Å². The number of nitrogens with zero attached hydrogens (tertiary/aromatic N) is 1. The molecule has 3 nitrogen and oxygen atoms in total. The van der Waals surface area contributed by atoms with Gasteiger partial charge < -0.3 is 9.73 Å². The first-order valence-electron chi connectivity index (χ1n) is 7.09. The van der Waals surface area contributed by atoms with E-state index in [0.29, 0.717) is 6.04 Å². The maximum absolute atomic E-state index is 5.72. The van der Waals surface area contributed by atoms with E-state index in [0.717, 1.165) is 40.1 Å². The molecule has 5 heteroatoms. The largest absolute Gasteiger partial charge is 0.452 e. The molecule has 1 N–H and O–H groups in total. The number of furan rings is 1. The average molecular weight is 392 g/mol. The fraction of sp³-hybridized carbons (Fsp3) is 0.714. The molecule has 0 aliphatic carbocycles. The van der Waals surface area contributed by atoms with Crippen molar-refractivity contribution in [3.63, 3.8) is 0 Å². The molecule has 0 saturated carbocycles. The molecule has 3 rings (SSSR count). The van der Waals surface area contributed by atoms with Crippen LogP contribution in [0.5, 0.6) is 0 Å². The topological polar surface area (TPSA) is 28.4 Å². The summed E-state index contributed by atoms with van der Waals surface area (Å²) in [5, 5.41) is 3.71. The average Bonchev–Trinajstić information content (AvgIpc) is 2.89. The maximum atomic E-state index is 5.72. The molecule has 0 aromatic carbocycles. The molecule has 0 radical (unpaired) electrons. The second kappa shape index (κ2) is 5.88. The number of fused-ring (bicyclic) bond motifs is 2. The van der Waals surface area contributed by atoms with E-state index < -0.39 is 0 Å². The lowest BCUT2D eigenvalue weighted by molar-refractivity contribution is 0.131. The predicted molar refractivity (Wildman–Crippen MR) is 83.2 cm³/mol. The van der Waals surface area contributed by atoms with Gasteiger partial charge in [-0.1, -0.05) is 6.92 Å². The Balaban J connectivity index is 1.67. The Labute approximate surface area is 131 Å². The van der Waals surface area contributed by atoms with Crippen LogP contribution in [-0.2, 0) is 6.54 Å². The quantitative estimate of drug-likeness (QED) is 0.843. The van der Waals surface area contributed by atoms with Crippen molar-refractivity contribution in [2.75, 3.05) is 6.54 Å². The van der Waals surface area contributed by atoms with Crippen LogP contribution in [0.15, 0.2) is 19.6 Å². The summed E-state index contributed by atoms with van der Waals surface area (Å²) < 4.78 is 7.52. The fourth-order valence-corrected chi connectivity index (χ4v) is 4.15. The van der Waals surface area contributed by atoms with E-state index >= 15 is 0 Å². The third-order valence-corrected chi connectivity index (χ3v) is 6.14. The molecule has 3 heterocycles. The van der Waals surface area contributed by atoms with E-state index in [1.807, 2.05) is 0 Å². The van der Waals surface area contributed by atoms with Crippen molar-refractivity contribution in [1.29, 1.82) is 0 Å². The molecule has 2 aliphatic heterocycles. The lowest BCUT2D eigenvalue weighted by atomic mass is 9.98. The number of rotatable bonds is 4. The molecule has 2 fully saturated rings. The maximum Gasteiger partial charge on any atom is 0.183 e. The van der Waals surface area contributed by atoms with Gasteiger partial charge in [0.25, 0.3) is 0 Å². The van der Waals surface area contributed by atoms with Crippen LogP contribution in [0.3, 0.4) is 0 Å². The zero-order valence-corrected chi connectivity index (χ0v) is 14.3. The van der Waals surface area contributed by atoms with E-state index in [1.54, 1.807) is 0 Å². The van der Waals surface area contributed by atoms with E-state index in [2.05, 4.69) is 55.1 Å². The fourth-order valence-electron chi connectivity index (χ4n) is 3.49. The predicted octanol–water partition coefficient (Wildman–Crippen LogP) is 3.91. The van der Waals surface area contributed by atoms with Gasteiger partial charge in [0.1, 0.15) is 5.76 Å². The summed E-state index contributed by atoms with van der Waals surface area (Å²) >= 11 is 6.89. The zero-order chi connectivity index (χ0) is 13.4. The number of piperidine rings is 1. The summed E-state index contributed by atoms with van der Waals surface area (Å²) in [6.45, 7) is 4.24. The van der Waals surface area contributed by atoms with Crippen LogP contribution in [0.1, 0.15) is 38.4 Å². The first-order valence-corrected chi connectivity index (χ1v) is 8.68. The Kier molecular flexibility index (Phi) is 4.37.